The van der Waals surface area contributed by atoms with Gasteiger partial charge in [-0.1, -0.05) is 31.2 Å². The van der Waals surface area contributed by atoms with E-state index in [9.17, 15) is 8.42 Å². The van der Waals surface area contributed by atoms with Crippen LogP contribution in [0.25, 0.3) is 0 Å². The molecule has 5 nitrogen and oxygen atoms in total. The molecule has 2 aromatic rings. The number of nitrogens with one attached hydrogen (secondary N) is 1. The number of rotatable bonds is 4. The van der Waals surface area contributed by atoms with E-state index >= 15 is 0 Å². The van der Waals surface area contributed by atoms with E-state index in [1.807, 2.05) is 12.1 Å². The van der Waals surface area contributed by atoms with Crippen molar-refractivity contribution in [1.82, 2.24) is 9.62 Å². The highest BCUT2D eigenvalue weighted by Gasteiger charge is 2.35. The Kier molecular flexibility index (Phi) is 7.01. The van der Waals surface area contributed by atoms with Crippen LogP contribution >= 0.6 is 12.4 Å². The summed E-state index contributed by atoms with van der Waals surface area (Å²) in [6.07, 6.45) is 0.954. The molecule has 1 saturated heterocycles. The molecule has 1 unspecified atom stereocenters. The van der Waals surface area contributed by atoms with Gasteiger partial charge in [0.2, 0.25) is 10.0 Å². The Labute approximate surface area is 167 Å². The fraction of sp³-hybridized carbons (Fsp3) is 0.350. The Morgan fingerprint density at radius 2 is 1.93 bits per heavy atom. The lowest BCUT2D eigenvalue weighted by atomic mass is 10.0. The zero-order valence-corrected chi connectivity index (χ0v) is 17.1. The van der Waals surface area contributed by atoms with Gasteiger partial charge in [-0.2, -0.15) is 9.57 Å². The molecule has 1 N–H and O–H groups in total. The van der Waals surface area contributed by atoms with Crippen LogP contribution in [0.15, 0.2) is 47.4 Å². The van der Waals surface area contributed by atoms with Gasteiger partial charge in [0.15, 0.2) is 0 Å². The van der Waals surface area contributed by atoms with Gasteiger partial charge in [0.1, 0.15) is 0 Å². The van der Waals surface area contributed by atoms with Crippen LogP contribution in [0.2, 0.25) is 0 Å². The Morgan fingerprint density at radius 1 is 1.22 bits per heavy atom. The predicted molar refractivity (Wildman–Crippen MR) is 108 cm³/mol. The van der Waals surface area contributed by atoms with Gasteiger partial charge in [-0.3, -0.25) is 0 Å². The first kappa shape index (κ1) is 21.4. The van der Waals surface area contributed by atoms with Gasteiger partial charge in [0.05, 0.1) is 22.6 Å². The fourth-order valence-electron chi connectivity index (χ4n) is 3.37. The molecule has 1 aliphatic rings. The topological polar surface area (TPSA) is 73.2 Å². The summed E-state index contributed by atoms with van der Waals surface area (Å²) in [4.78, 5) is 0.272. The summed E-state index contributed by atoms with van der Waals surface area (Å²) in [5.41, 5.74) is 3.29. The fourth-order valence-corrected chi connectivity index (χ4v) is 5.19. The summed E-state index contributed by atoms with van der Waals surface area (Å²) in [6, 6.07) is 14.7. The molecule has 0 bridgehead atoms. The Hall–Kier alpha value is -1.91. The zero-order valence-electron chi connectivity index (χ0n) is 15.5. The highest BCUT2D eigenvalue weighted by Crippen LogP contribution is 2.30. The number of sulfonamides is 1. The lowest BCUT2D eigenvalue weighted by molar-refractivity contribution is 0.271. The highest BCUT2D eigenvalue weighted by atomic mass is 35.5. The smallest absolute Gasteiger partial charge is 0.243 e. The number of hydrogen-bond acceptors (Lipinski definition) is 4. The highest BCUT2D eigenvalue weighted by molar-refractivity contribution is 7.89. The van der Waals surface area contributed by atoms with Crippen molar-refractivity contribution in [2.75, 3.05) is 19.6 Å². The average Bonchev–Trinajstić information content (AvgIpc) is 2.67. The number of benzene rings is 2. The SMILES string of the molecule is CCc1ccc(C2CNCCN2S(=O)(=O)c2ccc(C#N)cc2C)cc1.Cl. The molecular weight excluding hydrogens is 382 g/mol. The molecule has 7 heteroatoms. The van der Waals surface area contributed by atoms with Crippen molar-refractivity contribution >= 4 is 22.4 Å². The van der Waals surface area contributed by atoms with Crippen molar-refractivity contribution in [3.8, 4) is 6.07 Å². The number of aryl methyl sites for hydroxylation is 2. The number of nitrogens with zero attached hydrogens (tertiary/aromatic N) is 2. The molecule has 1 heterocycles. The van der Waals surface area contributed by atoms with Crippen LogP contribution in [0, 0.1) is 18.3 Å². The van der Waals surface area contributed by atoms with Crippen molar-refractivity contribution < 1.29 is 8.42 Å². The van der Waals surface area contributed by atoms with Gasteiger partial charge in [0, 0.05) is 19.6 Å². The number of piperazine rings is 1. The Morgan fingerprint density at radius 3 is 2.52 bits per heavy atom. The van der Waals surface area contributed by atoms with Gasteiger partial charge in [-0.15, -0.1) is 12.4 Å². The van der Waals surface area contributed by atoms with Crippen LogP contribution in [-0.2, 0) is 16.4 Å². The third kappa shape index (κ3) is 4.33. The van der Waals surface area contributed by atoms with Crippen LogP contribution in [0.3, 0.4) is 0 Å². The van der Waals surface area contributed by atoms with Crippen LogP contribution < -0.4 is 5.32 Å². The third-order valence-corrected chi connectivity index (χ3v) is 6.93. The van der Waals surface area contributed by atoms with Crippen molar-refractivity contribution in [2.24, 2.45) is 0 Å². The zero-order chi connectivity index (χ0) is 18.7. The van der Waals surface area contributed by atoms with Crippen molar-refractivity contribution in [3.63, 3.8) is 0 Å². The minimum atomic E-state index is -3.65. The van der Waals surface area contributed by atoms with Gasteiger partial charge in [-0.25, -0.2) is 8.42 Å². The normalized spacial score (nSPS) is 17.7. The van der Waals surface area contributed by atoms with Crippen molar-refractivity contribution in [1.29, 1.82) is 5.26 Å². The first-order valence-electron chi connectivity index (χ1n) is 8.79. The summed E-state index contributed by atoms with van der Waals surface area (Å²) in [5, 5.41) is 12.3. The average molecular weight is 406 g/mol. The van der Waals surface area contributed by atoms with E-state index in [4.69, 9.17) is 5.26 Å². The van der Waals surface area contributed by atoms with Crippen molar-refractivity contribution in [3.05, 3.63) is 64.7 Å². The second-order valence-electron chi connectivity index (χ2n) is 6.52. The molecule has 27 heavy (non-hydrogen) atoms. The second kappa shape index (κ2) is 8.85. The van der Waals surface area contributed by atoms with E-state index in [-0.39, 0.29) is 23.3 Å². The molecule has 144 valence electrons. The maximum absolute atomic E-state index is 13.3. The number of nitriles is 1. The molecule has 1 aliphatic heterocycles. The summed E-state index contributed by atoms with van der Waals surface area (Å²) < 4.78 is 28.2. The molecule has 0 aromatic heterocycles. The standard InChI is InChI=1S/C20H23N3O2S.ClH/c1-3-16-4-7-18(8-5-16)19-14-22-10-11-23(19)26(24,25)20-9-6-17(13-21)12-15(20)2;/h4-9,12,19,22H,3,10-11,14H2,1-2H3;1H. The summed E-state index contributed by atoms with van der Waals surface area (Å²) in [7, 11) is -3.65. The largest absolute Gasteiger partial charge is 0.313 e. The van der Waals surface area contributed by atoms with Gasteiger partial charge in [0.25, 0.3) is 0 Å². The molecule has 0 spiro atoms. The second-order valence-corrected chi connectivity index (χ2v) is 8.38. The predicted octanol–water partition coefficient (Wildman–Crippen LogP) is 3.19. The minimum absolute atomic E-state index is 0. The number of halogens is 1. The van der Waals surface area contributed by atoms with E-state index in [1.165, 1.54) is 5.56 Å². The van der Waals surface area contributed by atoms with Crippen LogP contribution in [0.4, 0.5) is 0 Å². The first-order chi connectivity index (χ1) is 12.5. The Bertz CT molecular complexity index is 937. The molecule has 0 radical (unpaired) electrons. The maximum atomic E-state index is 13.3. The van der Waals surface area contributed by atoms with Crippen LogP contribution in [0.5, 0.6) is 0 Å². The van der Waals surface area contributed by atoms with Gasteiger partial charge in [-0.05, 0) is 48.2 Å². The monoisotopic (exact) mass is 405 g/mol. The minimum Gasteiger partial charge on any atom is -0.313 e. The van der Waals surface area contributed by atoms with Gasteiger partial charge < -0.3 is 5.32 Å². The van der Waals surface area contributed by atoms with E-state index in [2.05, 4.69) is 30.4 Å². The Balaban J connectivity index is 0.00000261. The molecule has 0 aliphatic carbocycles. The molecular formula is C20H24ClN3O2S. The van der Waals surface area contributed by atoms with E-state index in [0.29, 0.717) is 30.8 Å². The van der Waals surface area contributed by atoms with Crippen molar-refractivity contribution in [2.45, 2.75) is 31.2 Å². The van der Waals surface area contributed by atoms with E-state index in [1.54, 1.807) is 29.4 Å². The summed E-state index contributed by atoms with van der Waals surface area (Å²) >= 11 is 0. The van der Waals surface area contributed by atoms with E-state index in [0.717, 1.165) is 12.0 Å². The summed E-state index contributed by atoms with van der Waals surface area (Å²) in [5.74, 6) is 0. The lowest BCUT2D eigenvalue weighted by Crippen LogP contribution is -2.48. The van der Waals surface area contributed by atoms with Crippen LogP contribution in [-0.4, -0.2) is 32.4 Å². The quantitative estimate of drug-likeness (QED) is 0.847. The van der Waals surface area contributed by atoms with Crippen LogP contribution in [0.1, 0.15) is 35.2 Å². The summed E-state index contributed by atoms with van der Waals surface area (Å²) in [6.45, 7) is 5.46. The third-order valence-electron chi connectivity index (χ3n) is 4.86. The lowest BCUT2D eigenvalue weighted by Gasteiger charge is -2.35. The molecule has 0 amide bonds. The maximum Gasteiger partial charge on any atom is 0.243 e. The number of hydrogen-bond donors (Lipinski definition) is 1. The molecule has 1 fully saturated rings. The molecule has 2 aromatic carbocycles. The van der Waals surface area contributed by atoms with E-state index < -0.39 is 10.0 Å². The van der Waals surface area contributed by atoms with Gasteiger partial charge >= 0.3 is 0 Å². The molecule has 1 atom stereocenters. The molecule has 3 rings (SSSR count). The first-order valence-corrected chi connectivity index (χ1v) is 10.2. The molecule has 0 saturated carbocycles.